The van der Waals surface area contributed by atoms with Gasteiger partial charge in [-0.2, -0.15) is 13.2 Å². The van der Waals surface area contributed by atoms with Crippen molar-refractivity contribution in [2.45, 2.75) is 50.2 Å². The van der Waals surface area contributed by atoms with E-state index in [2.05, 4.69) is 30.7 Å². The van der Waals surface area contributed by atoms with Crippen LogP contribution in [0.2, 0.25) is 0 Å². The van der Waals surface area contributed by atoms with Crippen LogP contribution in [0.3, 0.4) is 0 Å². The molecule has 0 aromatic carbocycles. The minimum Gasteiger partial charge on any atom is -0.475 e. The Kier molecular flexibility index (Phi) is 5.94. The molecule has 5 rings (SSSR count). The van der Waals surface area contributed by atoms with Crippen molar-refractivity contribution < 1.29 is 27.5 Å². The van der Waals surface area contributed by atoms with Crippen LogP contribution in [-0.2, 0) is 11.3 Å². The van der Waals surface area contributed by atoms with E-state index in [0.29, 0.717) is 11.8 Å². The summed E-state index contributed by atoms with van der Waals surface area (Å²) in [7, 11) is 0. The molecule has 0 unspecified atom stereocenters. The average Bonchev–Trinajstić information content (AvgIpc) is 3.30. The number of halogens is 3. The zero-order valence-electron chi connectivity index (χ0n) is 16.6. The lowest BCUT2D eigenvalue weighted by atomic mass is 9.96. The lowest BCUT2D eigenvalue weighted by Crippen LogP contribution is -2.32. The first kappa shape index (κ1) is 21.3. The average molecular weight is 437 g/mol. The molecular weight excluding hydrogens is 415 g/mol. The highest BCUT2D eigenvalue weighted by Gasteiger charge is 2.38. The van der Waals surface area contributed by atoms with Gasteiger partial charge in [0.15, 0.2) is 0 Å². The number of fused-ring (bicyclic) bond motifs is 1. The number of hydrogen-bond donors (Lipinski definition) is 1. The zero-order chi connectivity index (χ0) is 22.0. The fourth-order valence-electron chi connectivity index (χ4n) is 3.70. The van der Waals surface area contributed by atoms with E-state index in [1.54, 1.807) is 6.26 Å². The molecule has 2 fully saturated rings. The summed E-state index contributed by atoms with van der Waals surface area (Å²) in [4.78, 5) is 15.8. The summed E-state index contributed by atoms with van der Waals surface area (Å²) in [6, 6.07) is 4.00. The Morgan fingerprint density at radius 3 is 2.45 bits per heavy atom. The van der Waals surface area contributed by atoms with Gasteiger partial charge in [0.05, 0.1) is 12.8 Å². The highest BCUT2D eigenvalue weighted by Crippen LogP contribution is 2.39. The maximum absolute atomic E-state index is 10.6. The summed E-state index contributed by atoms with van der Waals surface area (Å²) in [5.74, 6) is 1.26. The predicted molar refractivity (Wildman–Crippen MR) is 102 cm³/mol. The van der Waals surface area contributed by atoms with Crippen molar-refractivity contribution in [1.82, 2.24) is 24.5 Å². The number of piperidine rings is 1. The molecule has 1 aliphatic heterocycles. The Morgan fingerprint density at radius 1 is 1.16 bits per heavy atom. The van der Waals surface area contributed by atoms with E-state index >= 15 is 0 Å². The van der Waals surface area contributed by atoms with Gasteiger partial charge in [0.2, 0.25) is 0 Å². The Morgan fingerprint density at radius 2 is 1.87 bits per heavy atom. The maximum Gasteiger partial charge on any atom is 0.490 e. The third kappa shape index (κ3) is 5.22. The molecule has 8 nitrogen and oxygen atoms in total. The number of furan rings is 1. The molecule has 1 saturated carbocycles. The lowest BCUT2D eigenvalue weighted by molar-refractivity contribution is -0.192. The largest absolute Gasteiger partial charge is 0.490 e. The number of nitrogens with zero attached hydrogens (tertiary/aromatic N) is 5. The number of aromatic nitrogens is 4. The Bertz CT molecular complexity index is 1020. The molecule has 0 atom stereocenters. The highest BCUT2D eigenvalue weighted by atomic mass is 19.4. The summed E-state index contributed by atoms with van der Waals surface area (Å²) >= 11 is 0. The van der Waals surface area contributed by atoms with E-state index in [-0.39, 0.29) is 0 Å². The van der Waals surface area contributed by atoms with Crippen LogP contribution in [0.25, 0.3) is 5.78 Å². The summed E-state index contributed by atoms with van der Waals surface area (Å²) < 4.78 is 39.3. The molecule has 1 N–H and O–H groups in total. The van der Waals surface area contributed by atoms with Crippen molar-refractivity contribution >= 4 is 11.7 Å². The van der Waals surface area contributed by atoms with Gasteiger partial charge in [-0.05, 0) is 62.4 Å². The second-order valence-electron chi connectivity index (χ2n) is 7.82. The zero-order valence-corrected chi connectivity index (χ0v) is 16.6. The molecule has 2 aliphatic rings. The van der Waals surface area contributed by atoms with Gasteiger partial charge in [-0.1, -0.05) is 0 Å². The molecule has 0 spiro atoms. The van der Waals surface area contributed by atoms with Gasteiger partial charge in [-0.3, -0.25) is 9.30 Å². The number of hydrogen-bond acceptors (Lipinski definition) is 6. The number of carbonyl (C=O) groups is 1. The van der Waals surface area contributed by atoms with E-state index in [9.17, 15) is 13.2 Å². The number of aliphatic carboxylic acids is 1. The Hall–Kier alpha value is -2.95. The lowest BCUT2D eigenvalue weighted by Gasteiger charge is -2.30. The van der Waals surface area contributed by atoms with Gasteiger partial charge >= 0.3 is 12.1 Å². The van der Waals surface area contributed by atoms with Crippen molar-refractivity contribution in [2.24, 2.45) is 0 Å². The van der Waals surface area contributed by atoms with Gasteiger partial charge in [0, 0.05) is 18.3 Å². The van der Waals surface area contributed by atoms with E-state index in [4.69, 9.17) is 14.3 Å². The summed E-state index contributed by atoms with van der Waals surface area (Å²) in [5, 5.41) is 15.8. The van der Waals surface area contributed by atoms with Crippen molar-refractivity contribution in [1.29, 1.82) is 0 Å². The first-order valence-corrected chi connectivity index (χ1v) is 10.1. The van der Waals surface area contributed by atoms with Gasteiger partial charge in [0.1, 0.15) is 11.6 Å². The highest BCUT2D eigenvalue weighted by molar-refractivity contribution is 5.73. The summed E-state index contributed by atoms with van der Waals surface area (Å²) in [6.07, 6.45) is 5.63. The standard InChI is InChI=1S/C18H21N5O.C2HF3O2/c1-2-16(24-9-1)12-22-7-5-14(6-8-22)17-20-21-18-19-10-15(11-23(17)18)13-3-4-13;3-2(4,5)1(6)7/h1-2,9-11,13-14H,3-8,12H2;(H,6,7). The molecule has 4 heterocycles. The Balaban J connectivity index is 0.000000289. The summed E-state index contributed by atoms with van der Waals surface area (Å²) in [5.41, 5.74) is 1.33. The fraction of sp³-hybridized carbons (Fsp3) is 0.500. The van der Waals surface area contributed by atoms with Crippen molar-refractivity contribution in [3.05, 3.63) is 47.9 Å². The molecule has 0 radical (unpaired) electrons. The van der Waals surface area contributed by atoms with Gasteiger partial charge in [0.25, 0.3) is 5.78 Å². The molecule has 166 valence electrons. The second-order valence-corrected chi connectivity index (χ2v) is 7.82. The molecule has 31 heavy (non-hydrogen) atoms. The number of carboxylic acids is 1. The van der Waals surface area contributed by atoms with Gasteiger partial charge in [-0.25, -0.2) is 9.78 Å². The third-order valence-electron chi connectivity index (χ3n) is 5.51. The van der Waals surface area contributed by atoms with Crippen molar-refractivity contribution in [2.75, 3.05) is 13.1 Å². The molecule has 1 aliphatic carbocycles. The molecule has 3 aromatic rings. The Labute approximate surface area is 175 Å². The number of carboxylic acid groups (broad SMARTS) is 1. The SMILES string of the molecule is O=C(O)C(F)(F)F.c1coc(CN2CCC(c3nnc4ncc(C5CC5)cn34)CC2)c1. The smallest absolute Gasteiger partial charge is 0.475 e. The molecule has 0 amide bonds. The van der Waals surface area contributed by atoms with Crippen LogP contribution in [0, 0.1) is 0 Å². The fourth-order valence-corrected chi connectivity index (χ4v) is 3.70. The monoisotopic (exact) mass is 437 g/mol. The molecule has 11 heteroatoms. The molecule has 0 bridgehead atoms. The maximum atomic E-state index is 10.6. The molecule has 1 saturated heterocycles. The quantitative estimate of drug-likeness (QED) is 0.666. The second kappa shape index (κ2) is 8.66. The number of likely N-dealkylation sites (tertiary alicyclic amines) is 1. The first-order valence-electron chi connectivity index (χ1n) is 10.1. The van der Waals surface area contributed by atoms with Crippen LogP contribution in [-0.4, -0.2) is 54.8 Å². The predicted octanol–water partition coefficient (Wildman–Crippen LogP) is 3.61. The topological polar surface area (TPSA) is 96.8 Å². The van der Waals surface area contributed by atoms with E-state index < -0.39 is 12.1 Å². The van der Waals surface area contributed by atoms with Crippen LogP contribution < -0.4 is 0 Å². The third-order valence-corrected chi connectivity index (χ3v) is 5.51. The first-order chi connectivity index (χ1) is 14.8. The molecular formula is C20H22F3N5O3. The van der Waals surface area contributed by atoms with E-state index in [1.165, 1.54) is 18.4 Å². The van der Waals surface area contributed by atoms with Crippen LogP contribution >= 0.6 is 0 Å². The number of rotatable bonds is 4. The van der Waals surface area contributed by atoms with Crippen LogP contribution in [0.15, 0.2) is 35.2 Å². The normalized spacial score (nSPS) is 18.0. The van der Waals surface area contributed by atoms with E-state index in [1.807, 2.05) is 18.3 Å². The summed E-state index contributed by atoms with van der Waals surface area (Å²) in [6.45, 7) is 3.03. The minimum absolute atomic E-state index is 0.462. The van der Waals surface area contributed by atoms with Crippen LogP contribution in [0.4, 0.5) is 13.2 Å². The van der Waals surface area contributed by atoms with Crippen LogP contribution in [0.5, 0.6) is 0 Å². The van der Waals surface area contributed by atoms with E-state index in [0.717, 1.165) is 49.8 Å². The van der Waals surface area contributed by atoms with Gasteiger partial charge in [-0.15, -0.1) is 10.2 Å². The van der Waals surface area contributed by atoms with Crippen molar-refractivity contribution in [3.63, 3.8) is 0 Å². The van der Waals surface area contributed by atoms with Crippen LogP contribution in [0.1, 0.15) is 54.7 Å². The number of alkyl halides is 3. The molecule has 3 aromatic heterocycles. The minimum atomic E-state index is -5.08. The van der Waals surface area contributed by atoms with Crippen molar-refractivity contribution in [3.8, 4) is 0 Å². The van der Waals surface area contributed by atoms with Gasteiger partial charge < -0.3 is 9.52 Å².